The Balaban J connectivity index is 1.29. The molecule has 1 amide bonds. The van der Waals surface area contributed by atoms with Crippen molar-refractivity contribution in [3.63, 3.8) is 0 Å². The van der Waals surface area contributed by atoms with Crippen LogP contribution in [0.2, 0.25) is 0 Å². The Kier molecular flexibility index (Phi) is 6.65. The number of aromatic nitrogens is 1. The van der Waals surface area contributed by atoms with E-state index in [4.69, 9.17) is 5.11 Å². The molecule has 3 heterocycles. The molecule has 2 aliphatic rings. The normalized spacial score (nSPS) is 18.7. The summed E-state index contributed by atoms with van der Waals surface area (Å²) in [6, 6.07) is 13.1. The van der Waals surface area contributed by atoms with Gasteiger partial charge < -0.3 is 15.3 Å². The fourth-order valence-corrected chi connectivity index (χ4v) is 4.57. The number of hydrogen-bond acceptors (Lipinski definition) is 5. The Morgan fingerprint density at radius 1 is 1.17 bits per heavy atom. The van der Waals surface area contributed by atoms with Crippen molar-refractivity contribution in [3.05, 3.63) is 59.3 Å². The van der Waals surface area contributed by atoms with Gasteiger partial charge in [0.25, 0.3) is 5.91 Å². The average Bonchev–Trinajstić information content (AvgIpc) is 2.79. The molecule has 160 valence electrons. The van der Waals surface area contributed by atoms with Crippen LogP contribution in [-0.2, 0) is 13.0 Å². The van der Waals surface area contributed by atoms with E-state index in [1.165, 1.54) is 11.1 Å². The van der Waals surface area contributed by atoms with Crippen LogP contribution in [0.1, 0.15) is 47.7 Å². The van der Waals surface area contributed by atoms with Gasteiger partial charge in [-0.15, -0.1) is 0 Å². The van der Waals surface area contributed by atoms with E-state index in [1.807, 2.05) is 24.0 Å². The minimum Gasteiger partial charge on any atom is -0.396 e. The number of nitrogens with one attached hydrogen (secondary N) is 1. The summed E-state index contributed by atoms with van der Waals surface area (Å²) in [6.07, 6.45) is 5.50. The summed E-state index contributed by atoms with van der Waals surface area (Å²) in [5.74, 6) is 0.802. The third-order valence-electron chi connectivity index (χ3n) is 6.40. The maximum atomic E-state index is 12.9. The van der Waals surface area contributed by atoms with E-state index in [0.717, 1.165) is 51.3 Å². The predicted molar refractivity (Wildman–Crippen MR) is 119 cm³/mol. The van der Waals surface area contributed by atoms with Gasteiger partial charge in [-0.1, -0.05) is 24.3 Å². The number of aliphatic hydroxyl groups is 1. The molecule has 6 heteroatoms. The van der Waals surface area contributed by atoms with E-state index >= 15 is 0 Å². The summed E-state index contributed by atoms with van der Waals surface area (Å²) < 4.78 is 0. The minimum atomic E-state index is 0.0693. The van der Waals surface area contributed by atoms with Gasteiger partial charge in [0, 0.05) is 51.1 Å². The van der Waals surface area contributed by atoms with Crippen LogP contribution in [-0.4, -0.2) is 64.1 Å². The first-order valence-electron chi connectivity index (χ1n) is 11.1. The molecular weight excluding hydrogens is 376 g/mol. The quantitative estimate of drug-likeness (QED) is 0.769. The van der Waals surface area contributed by atoms with E-state index in [2.05, 4.69) is 39.5 Å². The second-order valence-corrected chi connectivity index (χ2v) is 8.50. The lowest BCUT2D eigenvalue weighted by Gasteiger charge is -2.40. The SMILES string of the molecule is C[C@@H](CCO)Nc1ccc(C(=O)N2CCC(N3CCc4ccccc4C3)CC2)cn1. The van der Waals surface area contributed by atoms with Crippen LogP contribution in [0.25, 0.3) is 0 Å². The zero-order chi connectivity index (χ0) is 20.9. The summed E-state index contributed by atoms with van der Waals surface area (Å²) in [4.78, 5) is 21.8. The highest BCUT2D eigenvalue weighted by Gasteiger charge is 2.29. The summed E-state index contributed by atoms with van der Waals surface area (Å²) in [5, 5.41) is 12.2. The van der Waals surface area contributed by atoms with Crippen LogP contribution < -0.4 is 5.32 Å². The summed E-state index contributed by atoms with van der Waals surface area (Å²) in [6.45, 7) is 5.89. The first kappa shape index (κ1) is 20.8. The number of carbonyl (C=O) groups excluding carboxylic acids is 1. The van der Waals surface area contributed by atoms with Crippen molar-refractivity contribution in [2.45, 2.75) is 51.2 Å². The molecule has 0 unspecified atom stereocenters. The van der Waals surface area contributed by atoms with Gasteiger partial charge in [-0.3, -0.25) is 9.69 Å². The van der Waals surface area contributed by atoms with Gasteiger partial charge >= 0.3 is 0 Å². The maximum Gasteiger partial charge on any atom is 0.255 e. The second-order valence-electron chi connectivity index (χ2n) is 8.50. The van der Waals surface area contributed by atoms with Crippen LogP contribution in [0.5, 0.6) is 0 Å². The molecule has 2 aromatic rings. The fraction of sp³-hybridized carbons (Fsp3) is 0.500. The number of likely N-dealkylation sites (tertiary alicyclic amines) is 1. The molecule has 0 aliphatic carbocycles. The van der Waals surface area contributed by atoms with E-state index in [-0.39, 0.29) is 18.6 Å². The standard InChI is InChI=1S/C24H32N4O2/c1-18(11-15-29)26-23-7-6-20(16-25-23)24(30)27-13-9-22(10-14-27)28-12-8-19-4-2-3-5-21(19)17-28/h2-7,16,18,22,29H,8-15,17H2,1H3,(H,25,26)/t18-/m0/s1. The summed E-state index contributed by atoms with van der Waals surface area (Å²) in [7, 11) is 0. The number of rotatable bonds is 6. The maximum absolute atomic E-state index is 12.9. The molecule has 2 N–H and O–H groups in total. The third kappa shape index (κ3) is 4.82. The van der Waals surface area contributed by atoms with Gasteiger partial charge in [0.15, 0.2) is 0 Å². The van der Waals surface area contributed by atoms with Crippen molar-refractivity contribution in [2.24, 2.45) is 0 Å². The van der Waals surface area contributed by atoms with Crippen LogP contribution in [0.4, 0.5) is 5.82 Å². The number of benzene rings is 1. The number of amides is 1. The third-order valence-corrected chi connectivity index (χ3v) is 6.40. The molecule has 4 rings (SSSR count). The lowest BCUT2D eigenvalue weighted by molar-refractivity contribution is 0.0599. The summed E-state index contributed by atoms with van der Waals surface area (Å²) >= 11 is 0. The van der Waals surface area contributed by atoms with Gasteiger partial charge in [-0.25, -0.2) is 4.98 Å². The van der Waals surface area contributed by atoms with Crippen LogP contribution in [0.3, 0.4) is 0 Å². The molecular formula is C24H32N4O2. The average molecular weight is 409 g/mol. The first-order valence-corrected chi connectivity index (χ1v) is 11.1. The molecule has 0 radical (unpaired) electrons. The van der Waals surface area contributed by atoms with Gasteiger partial charge in [-0.2, -0.15) is 0 Å². The van der Waals surface area contributed by atoms with Crippen LogP contribution >= 0.6 is 0 Å². The lowest BCUT2D eigenvalue weighted by atomic mass is 9.95. The van der Waals surface area contributed by atoms with Gasteiger partial charge in [0.1, 0.15) is 5.82 Å². The molecule has 1 fully saturated rings. The molecule has 1 atom stereocenters. The fourth-order valence-electron chi connectivity index (χ4n) is 4.57. The topological polar surface area (TPSA) is 68.7 Å². The molecule has 0 bridgehead atoms. The highest BCUT2D eigenvalue weighted by Crippen LogP contribution is 2.25. The van der Waals surface area contributed by atoms with Crippen molar-refractivity contribution < 1.29 is 9.90 Å². The van der Waals surface area contributed by atoms with E-state index in [1.54, 1.807) is 6.20 Å². The first-order chi connectivity index (χ1) is 14.6. The second kappa shape index (κ2) is 9.58. The number of fused-ring (bicyclic) bond motifs is 1. The minimum absolute atomic E-state index is 0.0693. The van der Waals surface area contributed by atoms with Crippen LogP contribution in [0, 0.1) is 0 Å². The Labute approximate surface area is 178 Å². The number of hydrogen-bond donors (Lipinski definition) is 2. The monoisotopic (exact) mass is 408 g/mol. The number of aliphatic hydroxyl groups excluding tert-OH is 1. The molecule has 0 spiro atoms. The smallest absolute Gasteiger partial charge is 0.255 e. The highest BCUT2D eigenvalue weighted by molar-refractivity contribution is 5.94. The van der Waals surface area contributed by atoms with E-state index in [9.17, 15) is 4.79 Å². The van der Waals surface area contributed by atoms with Crippen molar-refractivity contribution in [1.82, 2.24) is 14.8 Å². The lowest BCUT2D eigenvalue weighted by Crippen LogP contribution is -2.48. The van der Waals surface area contributed by atoms with Crippen molar-refractivity contribution in [3.8, 4) is 0 Å². The van der Waals surface area contributed by atoms with Crippen molar-refractivity contribution in [2.75, 3.05) is 31.6 Å². The zero-order valence-electron chi connectivity index (χ0n) is 17.8. The molecule has 0 saturated carbocycles. The Morgan fingerprint density at radius 2 is 1.93 bits per heavy atom. The molecule has 1 aromatic carbocycles. The van der Waals surface area contributed by atoms with Crippen LogP contribution in [0.15, 0.2) is 42.6 Å². The molecule has 6 nitrogen and oxygen atoms in total. The van der Waals surface area contributed by atoms with Gasteiger partial charge in [0.2, 0.25) is 0 Å². The molecule has 1 saturated heterocycles. The zero-order valence-corrected chi connectivity index (χ0v) is 17.8. The van der Waals surface area contributed by atoms with E-state index < -0.39 is 0 Å². The molecule has 1 aromatic heterocycles. The number of pyridine rings is 1. The number of piperidine rings is 1. The predicted octanol–water partition coefficient (Wildman–Crippen LogP) is 2.93. The number of anilines is 1. The number of nitrogens with zero attached hydrogens (tertiary/aromatic N) is 3. The molecule has 2 aliphatic heterocycles. The Morgan fingerprint density at radius 3 is 2.63 bits per heavy atom. The summed E-state index contributed by atoms with van der Waals surface area (Å²) in [5.41, 5.74) is 3.58. The van der Waals surface area contributed by atoms with Crippen molar-refractivity contribution >= 4 is 11.7 Å². The largest absolute Gasteiger partial charge is 0.396 e. The number of carbonyl (C=O) groups is 1. The highest BCUT2D eigenvalue weighted by atomic mass is 16.3. The Hall–Kier alpha value is -2.44. The Bertz CT molecular complexity index is 847. The van der Waals surface area contributed by atoms with E-state index in [0.29, 0.717) is 18.0 Å². The van der Waals surface area contributed by atoms with Gasteiger partial charge in [-0.05, 0) is 55.9 Å². The molecule has 30 heavy (non-hydrogen) atoms. The van der Waals surface area contributed by atoms with Gasteiger partial charge in [0.05, 0.1) is 5.56 Å². The van der Waals surface area contributed by atoms with Crippen molar-refractivity contribution in [1.29, 1.82) is 0 Å².